The average Bonchev–Trinajstić information content (AvgIpc) is 2.71. The second-order valence-electron chi connectivity index (χ2n) is 2.43. The molecule has 0 saturated heterocycles. The Balaban J connectivity index is 0.000000280. The van der Waals surface area contributed by atoms with E-state index in [1.165, 1.54) is 6.08 Å². The van der Waals surface area contributed by atoms with Crippen LogP contribution >= 0.6 is 0 Å². The summed E-state index contributed by atoms with van der Waals surface area (Å²) in [4.78, 5) is 16.9. The van der Waals surface area contributed by atoms with E-state index in [9.17, 15) is 4.79 Å². The molecule has 0 aliphatic rings. The van der Waals surface area contributed by atoms with E-state index in [-0.39, 0.29) is 12.6 Å². The first-order chi connectivity index (χ1) is 6.68. The molecule has 0 bridgehead atoms. The highest BCUT2D eigenvalue weighted by Gasteiger charge is 1.98. The number of H-pyrrole nitrogens is 1. The Morgan fingerprint density at radius 3 is 2.71 bits per heavy atom. The van der Waals surface area contributed by atoms with Crippen LogP contribution in [0.1, 0.15) is 6.92 Å². The normalized spacial score (nSPS) is 8.07. The van der Waals surface area contributed by atoms with Gasteiger partial charge in [-0.3, -0.25) is 0 Å². The number of imidazole rings is 1. The van der Waals surface area contributed by atoms with Crippen molar-refractivity contribution >= 4 is 5.97 Å². The van der Waals surface area contributed by atoms with Gasteiger partial charge in [0.2, 0.25) is 0 Å². The molecule has 0 aliphatic heterocycles. The minimum absolute atomic E-state index is 0.256. The van der Waals surface area contributed by atoms with Crippen LogP contribution in [0.4, 0.5) is 0 Å². The molecule has 1 rings (SSSR count). The van der Waals surface area contributed by atoms with Crippen LogP contribution in [0.2, 0.25) is 0 Å². The van der Waals surface area contributed by atoms with Crippen LogP contribution in [0.3, 0.4) is 0 Å². The summed E-state index contributed by atoms with van der Waals surface area (Å²) in [5.41, 5.74) is 0.414. The van der Waals surface area contributed by atoms with Crippen LogP contribution < -0.4 is 0 Å². The van der Waals surface area contributed by atoms with Gasteiger partial charge in [-0.15, -0.1) is 0 Å². The van der Waals surface area contributed by atoms with Crippen molar-refractivity contribution in [2.75, 3.05) is 6.61 Å². The standard InChI is InChI=1S/C7H10O2.C3H4N2/c1-4-5-9-7(8)6(2)3;1-2-5-3-4-1/h4H,1-2,5H2,3H3;1-3H,(H,4,5). The molecule has 0 spiro atoms. The van der Waals surface area contributed by atoms with E-state index >= 15 is 0 Å². The largest absolute Gasteiger partial charge is 0.458 e. The lowest BCUT2D eigenvalue weighted by Gasteiger charge is -1.97. The van der Waals surface area contributed by atoms with Crippen molar-refractivity contribution in [1.82, 2.24) is 9.97 Å². The number of aromatic nitrogens is 2. The third-order valence-corrected chi connectivity index (χ3v) is 1.09. The summed E-state index contributed by atoms with van der Waals surface area (Å²) < 4.78 is 4.60. The number of carbonyl (C=O) groups excluding carboxylic acids is 1. The minimum atomic E-state index is -0.366. The van der Waals surface area contributed by atoms with E-state index in [1.807, 2.05) is 0 Å². The number of hydrogen-bond acceptors (Lipinski definition) is 3. The Bertz CT molecular complexity index is 261. The lowest BCUT2D eigenvalue weighted by molar-refractivity contribution is -0.137. The Kier molecular flexibility index (Phi) is 6.77. The fraction of sp³-hybridized carbons (Fsp3) is 0.200. The first kappa shape index (κ1) is 12.2. The number of carbonyl (C=O) groups is 1. The predicted molar refractivity (Wildman–Crippen MR) is 54.6 cm³/mol. The summed E-state index contributed by atoms with van der Waals surface area (Å²) in [7, 11) is 0. The molecule has 0 unspecified atom stereocenters. The number of esters is 1. The van der Waals surface area contributed by atoms with Crippen molar-refractivity contribution in [1.29, 1.82) is 0 Å². The first-order valence-corrected chi connectivity index (χ1v) is 4.04. The highest BCUT2D eigenvalue weighted by molar-refractivity contribution is 5.86. The number of ether oxygens (including phenoxy) is 1. The molecule has 1 aromatic rings. The maximum absolute atomic E-state index is 10.5. The van der Waals surface area contributed by atoms with Crippen LogP contribution in [0.25, 0.3) is 0 Å². The fourth-order valence-corrected chi connectivity index (χ4v) is 0.473. The number of aromatic amines is 1. The topological polar surface area (TPSA) is 55.0 Å². The maximum Gasteiger partial charge on any atom is 0.333 e. The third-order valence-electron chi connectivity index (χ3n) is 1.09. The summed E-state index contributed by atoms with van der Waals surface area (Å²) in [6.45, 7) is 8.64. The van der Waals surface area contributed by atoms with Crippen molar-refractivity contribution in [3.05, 3.63) is 43.5 Å². The van der Waals surface area contributed by atoms with Crippen LogP contribution in [0, 0.1) is 0 Å². The van der Waals surface area contributed by atoms with Crippen molar-refractivity contribution < 1.29 is 9.53 Å². The van der Waals surface area contributed by atoms with Crippen LogP contribution in [-0.2, 0) is 9.53 Å². The summed E-state index contributed by atoms with van der Waals surface area (Å²) >= 11 is 0. The molecule has 0 fully saturated rings. The lowest BCUT2D eigenvalue weighted by atomic mass is 10.4. The van der Waals surface area contributed by atoms with E-state index in [1.54, 1.807) is 25.6 Å². The second-order valence-corrected chi connectivity index (χ2v) is 2.43. The van der Waals surface area contributed by atoms with Gasteiger partial charge < -0.3 is 9.72 Å². The summed E-state index contributed by atoms with van der Waals surface area (Å²) in [5, 5.41) is 0. The third kappa shape index (κ3) is 6.84. The quantitative estimate of drug-likeness (QED) is 0.452. The highest BCUT2D eigenvalue weighted by atomic mass is 16.5. The van der Waals surface area contributed by atoms with Crippen molar-refractivity contribution in [3.63, 3.8) is 0 Å². The van der Waals surface area contributed by atoms with Crippen molar-refractivity contribution in [2.45, 2.75) is 6.92 Å². The zero-order valence-electron chi connectivity index (χ0n) is 8.19. The summed E-state index contributed by atoms with van der Waals surface area (Å²) in [5.74, 6) is -0.366. The van der Waals surface area contributed by atoms with Gasteiger partial charge in [0.15, 0.2) is 0 Å². The number of rotatable bonds is 3. The minimum Gasteiger partial charge on any atom is -0.458 e. The van der Waals surface area contributed by atoms with E-state index in [4.69, 9.17) is 0 Å². The molecular weight excluding hydrogens is 180 g/mol. The molecule has 1 aromatic heterocycles. The van der Waals surface area contributed by atoms with Gasteiger partial charge >= 0.3 is 5.97 Å². The Morgan fingerprint density at radius 1 is 1.71 bits per heavy atom. The molecule has 0 atom stereocenters. The van der Waals surface area contributed by atoms with Crippen molar-refractivity contribution in [3.8, 4) is 0 Å². The van der Waals surface area contributed by atoms with Gasteiger partial charge in [0.1, 0.15) is 6.61 Å². The molecule has 0 radical (unpaired) electrons. The van der Waals surface area contributed by atoms with Crippen LogP contribution in [0.15, 0.2) is 43.5 Å². The number of nitrogens with one attached hydrogen (secondary N) is 1. The fourth-order valence-electron chi connectivity index (χ4n) is 0.473. The molecule has 0 saturated carbocycles. The molecular formula is C10H14N2O2. The SMILES string of the molecule is C=CCOC(=O)C(=C)C.c1c[nH]cn1. The lowest BCUT2D eigenvalue weighted by Crippen LogP contribution is -2.03. The second kappa shape index (κ2) is 7.79. The van der Waals surface area contributed by atoms with Gasteiger partial charge in [-0.1, -0.05) is 19.2 Å². The Hall–Kier alpha value is -1.84. The molecule has 0 aliphatic carbocycles. The van der Waals surface area contributed by atoms with Gasteiger partial charge in [0.25, 0.3) is 0 Å². The molecule has 1 heterocycles. The Labute approximate surface area is 83.3 Å². The van der Waals surface area contributed by atoms with Crippen LogP contribution in [-0.4, -0.2) is 22.5 Å². The van der Waals surface area contributed by atoms with Crippen LogP contribution in [0.5, 0.6) is 0 Å². The van der Waals surface area contributed by atoms with Gasteiger partial charge in [-0.05, 0) is 6.92 Å². The van der Waals surface area contributed by atoms with Gasteiger partial charge in [-0.2, -0.15) is 0 Å². The monoisotopic (exact) mass is 194 g/mol. The van der Waals surface area contributed by atoms with E-state index in [2.05, 4.69) is 27.9 Å². The molecule has 76 valence electrons. The van der Waals surface area contributed by atoms with E-state index in [0.717, 1.165) is 0 Å². The summed E-state index contributed by atoms with van der Waals surface area (Å²) in [6, 6.07) is 0. The molecule has 0 aromatic carbocycles. The van der Waals surface area contributed by atoms with Gasteiger partial charge in [0, 0.05) is 18.0 Å². The summed E-state index contributed by atoms with van der Waals surface area (Å²) in [6.07, 6.45) is 6.60. The van der Waals surface area contributed by atoms with E-state index in [0.29, 0.717) is 5.57 Å². The molecule has 1 N–H and O–H groups in total. The molecule has 4 nitrogen and oxygen atoms in total. The van der Waals surface area contributed by atoms with Gasteiger partial charge in [0.05, 0.1) is 6.33 Å². The zero-order chi connectivity index (χ0) is 10.8. The zero-order valence-corrected chi connectivity index (χ0v) is 8.19. The van der Waals surface area contributed by atoms with Gasteiger partial charge in [-0.25, -0.2) is 9.78 Å². The first-order valence-electron chi connectivity index (χ1n) is 4.04. The van der Waals surface area contributed by atoms with E-state index < -0.39 is 0 Å². The molecule has 0 amide bonds. The predicted octanol–water partition coefficient (Wildman–Crippen LogP) is 1.70. The average molecular weight is 194 g/mol. The number of nitrogens with zero attached hydrogens (tertiary/aromatic N) is 1. The number of hydrogen-bond donors (Lipinski definition) is 1. The molecule has 14 heavy (non-hydrogen) atoms. The smallest absolute Gasteiger partial charge is 0.333 e. The Morgan fingerprint density at radius 2 is 2.43 bits per heavy atom. The maximum atomic E-state index is 10.5. The highest BCUT2D eigenvalue weighted by Crippen LogP contribution is 1.90. The molecule has 4 heteroatoms. The van der Waals surface area contributed by atoms with Crippen molar-refractivity contribution in [2.24, 2.45) is 0 Å².